The van der Waals surface area contributed by atoms with Crippen LogP contribution in [0, 0.1) is 0 Å². The van der Waals surface area contributed by atoms with Crippen molar-refractivity contribution in [2.24, 2.45) is 0 Å². The van der Waals surface area contributed by atoms with Gasteiger partial charge in [-0.2, -0.15) is 0 Å². The fourth-order valence-corrected chi connectivity index (χ4v) is 3.17. The van der Waals surface area contributed by atoms with Crippen molar-refractivity contribution < 1.29 is 0 Å². The van der Waals surface area contributed by atoms with E-state index >= 15 is 0 Å². The SMILES string of the molecule is Clc1ccc(NCc2sccc2Br)cc1Br. The Balaban J connectivity index is 2.05. The molecule has 1 nitrogen and oxygen atoms in total. The standard InChI is InChI=1S/C11H8Br2ClNS/c12-8-3-4-16-11(8)6-15-7-1-2-10(14)9(13)5-7/h1-5,15H,6H2. The van der Waals surface area contributed by atoms with E-state index in [2.05, 4.69) is 48.6 Å². The molecular weight excluding hydrogens is 373 g/mol. The monoisotopic (exact) mass is 379 g/mol. The van der Waals surface area contributed by atoms with E-state index < -0.39 is 0 Å². The van der Waals surface area contributed by atoms with E-state index in [9.17, 15) is 0 Å². The Morgan fingerprint density at radius 2 is 2.00 bits per heavy atom. The Morgan fingerprint density at radius 1 is 1.19 bits per heavy atom. The number of benzene rings is 1. The van der Waals surface area contributed by atoms with Crippen LogP contribution in [-0.4, -0.2) is 0 Å². The van der Waals surface area contributed by atoms with Gasteiger partial charge in [0.05, 0.1) is 11.6 Å². The Kier molecular flexibility index (Phi) is 4.30. The zero-order valence-corrected chi connectivity index (χ0v) is 12.9. The molecule has 5 heteroatoms. The minimum atomic E-state index is 0.725. The lowest BCUT2D eigenvalue weighted by Gasteiger charge is -2.06. The van der Waals surface area contributed by atoms with Crippen LogP contribution in [0.15, 0.2) is 38.6 Å². The topological polar surface area (TPSA) is 12.0 Å². The second kappa shape index (κ2) is 5.54. The lowest BCUT2D eigenvalue weighted by molar-refractivity contribution is 1.18. The first-order valence-corrected chi connectivity index (χ1v) is 7.42. The van der Waals surface area contributed by atoms with Crippen LogP contribution in [0.25, 0.3) is 0 Å². The number of nitrogens with one attached hydrogen (secondary N) is 1. The molecule has 2 rings (SSSR count). The van der Waals surface area contributed by atoms with Crippen LogP contribution in [0.5, 0.6) is 0 Å². The highest BCUT2D eigenvalue weighted by molar-refractivity contribution is 9.10. The number of halogens is 3. The molecule has 16 heavy (non-hydrogen) atoms. The minimum Gasteiger partial charge on any atom is -0.380 e. The quantitative estimate of drug-likeness (QED) is 0.736. The summed E-state index contributed by atoms with van der Waals surface area (Å²) in [5, 5.41) is 6.14. The van der Waals surface area contributed by atoms with Gasteiger partial charge in [-0.1, -0.05) is 11.6 Å². The molecular formula is C11H8Br2ClNS. The maximum Gasteiger partial charge on any atom is 0.0549 e. The largest absolute Gasteiger partial charge is 0.380 e. The zero-order chi connectivity index (χ0) is 11.5. The molecule has 0 aliphatic carbocycles. The lowest BCUT2D eigenvalue weighted by atomic mass is 10.3. The summed E-state index contributed by atoms with van der Waals surface area (Å²) in [7, 11) is 0. The Bertz CT molecular complexity index is 498. The summed E-state index contributed by atoms with van der Waals surface area (Å²) in [4.78, 5) is 1.28. The molecule has 2 aromatic rings. The van der Waals surface area contributed by atoms with Crippen molar-refractivity contribution in [3.05, 3.63) is 48.5 Å². The number of thiophene rings is 1. The third-order valence-corrected chi connectivity index (χ3v) is 5.20. The third kappa shape index (κ3) is 3.00. The van der Waals surface area contributed by atoms with Crippen LogP contribution in [0.1, 0.15) is 4.88 Å². The average Bonchev–Trinajstić information content (AvgIpc) is 2.66. The van der Waals surface area contributed by atoms with Gasteiger partial charge in [0.15, 0.2) is 0 Å². The fourth-order valence-electron chi connectivity index (χ4n) is 1.24. The first kappa shape index (κ1) is 12.4. The Hall–Kier alpha value is -0.0300. The van der Waals surface area contributed by atoms with Crippen molar-refractivity contribution in [2.45, 2.75) is 6.54 Å². The predicted octanol–water partition coefficient (Wildman–Crippen LogP) is 5.54. The molecule has 0 aliphatic rings. The zero-order valence-electron chi connectivity index (χ0n) is 8.14. The van der Waals surface area contributed by atoms with E-state index in [1.807, 2.05) is 18.2 Å². The molecule has 0 amide bonds. The highest BCUT2D eigenvalue weighted by Gasteiger charge is 2.02. The molecule has 0 bridgehead atoms. The van der Waals surface area contributed by atoms with Crippen LogP contribution >= 0.6 is 54.8 Å². The first-order chi connectivity index (χ1) is 7.66. The summed E-state index contributed by atoms with van der Waals surface area (Å²) in [6.07, 6.45) is 0. The van der Waals surface area contributed by atoms with E-state index in [-0.39, 0.29) is 0 Å². The second-order valence-corrected chi connectivity index (χ2v) is 6.29. The maximum absolute atomic E-state index is 5.93. The summed E-state index contributed by atoms with van der Waals surface area (Å²) in [6.45, 7) is 0.812. The number of hydrogen-bond donors (Lipinski definition) is 1. The van der Waals surface area contributed by atoms with Gasteiger partial charge in [0.25, 0.3) is 0 Å². The van der Waals surface area contributed by atoms with Crippen LogP contribution in [-0.2, 0) is 6.54 Å². The summed E-state index contributed by atoms with van der Waals surface area (Å²) < 4.78 is 2.06. The van der Waals surface area contributed by atoms with Gasteiger partial charge in [0, 0.05) is 19.5 Å². The van der Waals surface area contributed by atoms with Crippen molar-refractivity contribution in [3.63, 3.8) is 0 Å². The smallest absolute Gasteiger partial charge is 0.0549 e. The third-order valence-electron chi connectivity index (χ3n) is 2.06. The van der Waals surface area contributed by atoms with Gasteiger partial charge in [0.2, 0.25) is 0 Å². The summed E-state index contributed by atoms with van der Waals surface area (Å²) in [6, 6.07) is 7.87. The van der Waals surface area contributed by atoms with Crippen LogP contribution in [0.2, 0.25) is 5.02 Å². The fraction of sp³-hybridized carbons (Fsp3) is 0.0909. The molecule has 0 saturated heterocycles. The molecule has 0 fully saturated rings. The number of rotatable bonds is 3. The summed E-state index contributed by atoms with van der Waals surface area (Å²) >= 11 is 14.6. The van der Waals surface area contributed by atoms with Gasteiger partial charge in [-0.15, -0.1) is 11.3 Å². The highest BCUT2D eigenvalue weighted by Crippen LogP contribution is 2.27. The van der Waals surface area contributed by atoms with E-state index in [0.717, 1.165) is 26.2 Å². The van der Waals surface area contributed by atoms with Crippen molar-refractivity contribution in [2.75, 3.05) is 5.32 Å². The van der Waals surface area contributed by atoms with E-state index in [1.54, 1.807) is 11.3 Å². The maximum atomic E-state index is 5.93. The molecule has 1 heterocycles. The molecule has 0 radical (unpaired) electrons. The van der Waals surface area contributed by atoms with Gasteiger partial charge in [-0.05, 0) is 61.5 Å². The van der Waals surface area contributed by atoms with Gasteiger partial charge in [0.1, 0.15) is 0 Å². The second-order valence-electron chi connectivity index (χ2n) is 3.17. The molecule has 0 aliphatic heterocycles. The van der Waals surface area contributed by atoms with Crippen LogP contribution < -0.4 is 5.32 Å². The van der Waals surface area contributed by atoms with Crippen molar-refractivity contribution in [1.29, 1.82) is 0 Å². The molecule has 84 valence electrons. The normalized spacial score (nSPS) is 10.4. The number of anilines is 1. The van der Waals surface area contributed by atoms with E-state index in [0.29, 0.717) is 0 Å². The van der Waals surface area contributed by atoms with Gasteiger partial charge >= 0.3 is 0 Å². The minimum absolute atomic E-state index is 0.725. The first-order valence-electron chi connectivity index (χ1n) is 4.57. The summed E-state index contributed by atoms with van der Waals surface area (Å²) in [5.41, 5.74) is 1.05. The van der Waals surface area contributed by atoms with Crippen LogP contribution in [0.3, 0.4) is 0 Å². The molecule has 1 N–H and O–H groups in total. The van der Waals surface area contributed by atoms with Crippen LogP contribution in [0.4, 0.5) is 5.69 Å². The highest BCUT2D eigenvalue weighted by atomic mass is 79.9. The van der Waals surface area contributed by atoms with Crippen molar-refractivity contribution in [3.8, 4) is 0 Å². The molecule has 0 unspecified atom stereocenters. The average molecular weight is 382 g/mol. The van der Waals surface area contributed by atoms with Gasteiger partial charge in [-0.3, -0.25) is 0 Å². The lowest BCUT2D eigenvalue weighted by Crippen LogP contribution is -1.97. The van der Waals surface area contributed by atoms with Crippen molar-refractivity contribution >= 4 is 60.5 Å². The van der Waals surface area contributed by atoms with E-state index in [1.165, 1.54) is 4.88 Å². The number of hydrogen-bond acceptors (Lipinski definition) is 2. The molecule has 0 spiro atoms. The van der Waals surface area contributed by atoms with Gasteiger partial charge in [-0.25, -0.2) is 0 Å². The molecule has 1 aromatic heterocycles. The Morgan fingerprint density at radius 3 is 2.62 bits per heavy atom. The molecule has 1 aromatic carbocycles. The van der Waals surface area contributed by atoms with Gasteiger partial charge < -0.3 is 5.32 Å². The molecule has 0 saturated carbocycles. The van der Waals surface area contributed by atoms with E-state index in [4.69, 9.17) is 11.6 Å². The molecule has 0 atom stereocenters. The predicted molar refractivity (Wildman–Crippen MR) is 78.5 cm³/mol. The Labute approximate surface area is 120 Å². The van der Waals surface area contributed by atoms with Crippen molar-refractivity contribution in [1.82, 2.24) is 0 Å². The summed E-state index contributed by atoms with van der Waals surface area (Å²) in [5.74, 6) is 0.